The Labute approximate surface area is 100.0 Å². The first kappa shape index (κ1) is 11.1. The second-order valence-corrected chi connectivity index (χ2v) is 3.67. The molecule has 0 aliphatic rings. The van der Waals surface area contributed by atoms with Crippen molar-refractivity contribution < 1.29 is 0 Å². The third-order valence-corrected chi connectivity index (χ3v) is 2.36. The Balaban J connectivity index is 2.08. The van der Waals surface area contributed by atoms with Crippen LogP contribution in [-0.2, 0) is 6.54 Å². The van der Waals surface area contributed by atoms with Gasteiger partial charge in [0, 0.05) is 24.6 Å². The predicted molar refractivity (Wildman–Crippen MR) is 65.3 cm³/mol. The quantitative estimate of drug-likeness (QED) is 0.868. The van der Waals surface area contributed by atoms with Crippen LogP contribution >= 0.6 is 0 Å². The van der Waals surface area contributed by atoms with Gasteiger partial charge in [-0.15, -0.1) is 0 Å². The molecule has 0 saturated heterocycles. The summed E-state index contributed by atoms with van der Waals surface area (Å²) < 4.78 is 0. The fourth-order valence-corrected chi connectivity index (χ4v) is 1.43. The molecule has 0 unspecified atom stereocenters. The molecule has 0 saturated carbocycles. The zero-order valence-electron chi connectivity index (χ0n) is 9.51. The van der Waals surface area contributed by atoms with Crippen LogP contribution in [-0.4, -0.2) is 9.97 Å². The van der Waals surface area contributed by atoms with E-state index in [0.29, 0.717) is 17.9 Å². The second kappa shape index (κ2) is 5.08. The molecule has 0 fully saturated rings. The van der Waals surface area contributed by atoms with Crippen molar-refractivity contribution in [2.45, 2.75) is 13.5 Å². The van der Waals surface area contributed by atoms with Crippen LogP contribution in [0.2, 0.25) is 0 Å². The monoisotopic (exact) mass is 224 g/mol. The van der Waals surface area contributed by atoms with E-state index < -0.39 is 0 Å². The van der Waals surface area contributed by atoms with E-state index in [0.717, 1.165) is 11.3 Å². The Morgan fingerprint density at radius 1 is 1.29 bits per heavy atom. The number of nitrogens with zero attached hydrogens (tertiary/aromatic N) is 3. The summed E-state index contributed by atoms with van der Waals surface area (Å²) in [6, 6.07) is 9.55. The summed E-state index contributed by atoms with van der Waals surface area (Å²) >= 11 is 0. The van der Waals surface area contributed by atoms with Crippen molar-refractivity contribution >= 4 is 5.82 Å². The molecule has 2 heterocycles. The van der Waals surface area contributed by atoms with Crippen molar-refractivity contribution in [3.8, 4) is 6.07 Å². The molecule has 0 bridgehead atoms. The lowest BCUT2D eigenvalue weighted by Crippen LogP contribution is -2.03. The number of hydrogen-bond acceptors (Lipinski definition) is 4. The zero-order chi connectivity index (χ0) is 12.1. The first-order valence-corrected chi connectivity index (χ1v) is 5.30. The van der Waals surface area contributed by atoms with Gasteiger partial charge in [0.2, 0.25) is 0 Å². The summed E-state index contributed by atoms with van der Waals surface area (Å²) in [6.45, 7) is 2.56. The number of nitrogens with one attached hydrogen (secondary N) is 1. The molecule has 1 N–H and O–H groups in total. The molecule has 0 aliphatic carbocycles. The summed E-state index contributed by atoms with van der Waals surface area (Å²) in [5, 5.41) is 12.0. The van der Waals surface area contributed by atoms with Gasteiger partial charge >= 0.3 is 0 Å². The molecule has 0 radical (unpaired) electrons. The van der Waals surface area contributed by atoms with Gasteiger partial charge in [-0.05, 0) is 30.7 Å². The van der Waals surface area contributed by atoms with Gasteiger partial charge in [-0.1, -0.05) is 6.07 Å². The van der Waals surface area contributed by atoms with Gasteiger partial charge in [0.1, 0.15) is 11.9 Å². The number of rotatable bonds is 3. The molecule has 0 spiro atoms. The number of hydrogen-bond donors (Lipinski definition) is 1. The third kappa shape index (κ3) is 2.79. The lowest BCUT2D eigenvalue weighted by Gasteiger charge is -2.06. The van der Waals surface area contributed by atoms with Crippen LogP contribution in [0.4, 0.5) is 5.82 Å². The summed E-state index contributed by atoms with van der Waals surface area (Å²) in [6.07, 6.45) is 3.48. The number of aryl methyl sites for hydroxylation is 1. The average molecular weight is 224 g/mol. The Bertz CT molecular complexity index is 540. The largest absolute Gasteiger partial charge is 0.365 e. The fourth-order valence-electron chi connectivity index (χ4n) is 1.43. The van der Waals surface area contributed by atoms with E-state index in [1.165, 1.54) is 0 Å². The lowest BCUT2D eigenvalue weighted by molar-refractivity contribution is 1.06. The number of anilines is 1. The van der Waals surface area contributed by atoms with Gasteiger partial charge in [-0.2, -0.15) is 5.26 Å². The maximum atomic E-state index is 8.91. The summed E-state index contributed by atoms with van der Waals surface area (Å²) in [7, 11) is 0. The van der Waals surface area contributed by atoms with Crippen LogP contribution < -0.4 is 5.32 Å². The van der Waals surface area contributed by atoms with Crippen molar-refractivity contribution in [3.05, 3.63) is 53.5 Å². The van der Waals surface area contributed by atoms with E-state index in [2.05, 4.69) is 21.4 Å². The smallest absolute Gasteiger partial charge is 0.144 e. The van der Waals surface area contributed by atoms with Crippen LogP contribution in [0.5, 0.6) is 0 Å². The molecule has 17 heavy (non-hydrogen) atoms. The molecule has 4 heteroatoms. The number of pyridine rings is 2. The van der Waals surface area contributed by atoms with Gasteiger partial charge in [0.25, 0.3) is 0 Å². The minimum absolute atomic E-state index is 0.549. The minimum atomic E-state index is 0.549. The Morgan fingerprint density at radius 2 is 2.18 bits per heavy atom. The number of aromatic nitrogens is 2. The number of nitriles is 1. The van der Waals surface area contributed by atoms with E-state index in [9.17, 15) is 0 Å². The molecule has 4 nitrogen and oxygen atoms in total. The molecule has 0 amide bonds. The van der Waals surface area contributed by atoms with E-state index in [1.54, 1.807) is 18.3 Å². The SMILES string of the molecule is Cc1ccc(CNc2ncccc2C#N)cn1. The van der Waals surface area contributed by atoms with E-state index in [1.807, 2.05) is 25.3 Å². The summed E-state index contributed by atoms with van der Waals surface area (Å²) in [4.78, 5) is 8.34. The molecule has 2 rings (SSSR count). The van der Waals surface area contributed by atoms with Gasteiger partial charge in [0.05, 0.1) is 5.56 Å². The van der Waals surface area contributed by atoms with Gasteiger partial charge in [-0.3, -0.25) is 4.98 Å². The maximum Gasteiger partial charge on any atom is 0.144 e. The first-order valence-electron chi connectivity index (χ1n) is 5.30. The van der Waals surface area contributed by atoms with Crippen LogP contribution in [0.15, 0.2) is 36.7 Å². The van der Waals surface area contributed by atoms with Crippen LogP contribution in [0.1, 0.15) is 16.8 Å². The highest BCUT2D eigenvalue weighted by molar-refractivity contribution is 5.51. The summed E-state index contributed by atoms with van der Waals surface area (Å²) in [5.74, 6) is 0.607. The van der Waals surface area contributed by atoms with Crippen LogP contribution in [0.25, 0.3) is 0 Å². The highest BCUT2D eigenvalue weighted by atomic mass is 15.0. The zero-order valence-corrected chi connectivity index (χ0v) is 9.51. The minimum Gasteiger partial charge on any atom is -0.365 e. The van der Waals surface area contributed by atoms with Crippen molar-refractivity contribution in [3.63, 3.8) is 0 Å². The third-order valence-electron chi connectivity index (χ3n) is 2.36. The topological polar surface area (TPSA) is 61.6 Å². The standard InChI is InChI=1S/C13H12N4/c1-10-4-5-11(8-16-10)9-17-13-12(7-14)3-2-6-15-13/h2-6,8H,9H2,1H3,(H,15,17). The average Bonchev–Trinajstić information content (AvgIpc) is 2.38. The lowest BCUT2D eigenvalue weighted by atomic mass is 10.2. The summed E-state index contributed by atoms with van der Waals surface area (Å²) in [5.41, 5.74) is 2.60. The van der Waals surface area contributed by atoms with E-state index >= 15 is 0 Å². The predicted octanol–water partition coefficient (Wildman–Crippen LogP) is 2.27. The Kier molecular flexibility index (Phi) is 3.31. The van der Waals surface area contributed by atoms with E-state index in [4.69, 9.17) is 5.26 Å². The molecule has 84 valence electrons. The molecule has 2 aromatic heterocycles. The van der Waals surface area contributed by atoms with Gasteiger partial charge in [-0.25, -0.2) is 4.98 Å². The van der Waals surface area contributed by atoms with Gasteiger partial charge in [0.15, 0.2) is 0 Å². The first-order chi connectivity index (χ1) is 8.29. The van der Waals surface area contributed by atoms with Crippen LogP contribution in [0, 0.1) is 18.3 Å². The van der Waals surface area contributed by atoms with E-state index in [-0.39, 0.29) is 0 Å². The Morgan fingerprint density at radius 3 is 2.88 bits per heavy atom. The Hall–Kier alpha value is -2.41. The maximum absolute atomic E-state index is 8.91. The highest BCUT2D eigenvalue weighted by Crippen LogP contribution is 2.11. The normalized spacial score (nSPS) is 9.65. The molecule has 0 aliphatic heterocycles. The second-order valence-electron chi connectivity index (χ2n) is 3.67. The van der Waals surface area contributed by atoms with Crippen molar-refractivity contribution in [2.75, 3.05) is 5.32 Å². The van der Waals surface area contributed by atoms with Gasteiger partial charge < -0.3 is 5.32 Å². The molecule has 2 aromatic rings. The van der Waals surface area contributed by atoms with Crippen molar-refractivity contribution in [1.82, 2.24) is 9.97 Å². The molecule has 0 aromatic carbocycles. The molecular weight excluding hydrogens is 212 g/mol. The molecular formula is C13H12N4. The van der Waals surface area contributed by atoms with Crippen LogP contribution in [0.3, 0.4) is 0 Å². The highest BCUT2D eigenvalue weighted by Gasteiger charge is 2.01. The fraction of sp³-hybridized carbons (Fsp3) is 0.154. The molecule has 0 atom stereocenters. The van der Waals surface area contributed by atoms with Crippen molar-refractivity contribution in [1.29, 1.82) is 5.26 Å². The van der Waals surface area contributed by atoms with Crippen molar-refractivity contribution in [2.24, 2.45) is 0 Å².